The first-order valence-electron chi connectivity index (χ1n) is 10.7. The van der Waals surface area contributed by atoms with E-state index in [9.17, 15) is 4.79 Å². The van der Waals surface area contributed by atoms with Gasteiger partial charge in [-0.25, -0.2) is 14.8 Å². The molecule has 8 nitrogen and oxygen atoms in total. The predicted octanol–water partition coefficient (Wildman–Crippen LogP) is 3.17. The molecule has 5 rings (SSSR count). The molecule has 2 aliphatic rings. The maximum Gasteiger partial charge on any atom is 0.410 e. The average Bonchev–Trinajstić information content (AvgIpc) is 3.44. The molecule has 8 heteroatoms. The molecule has 1 N–H and O–H groups in total. The molecule has 30 heavy (non-hydrogen) atoms. The van der Waals surface area contributed by atoms with E-state index >= 15 is 0 Å². The van der Waals surface area contributed by atoms with E-state index in [-0.39, 0.29) is 18.2 Å². The molecule has 3 aromatic rings. The molecule has 2 saturated heterocycles. The van der Waals surface area contributed by atoms with Gasteiger partial charge in [0.05, 0.1) is 24.1 Å². The number of pyridine rings is 1. The lowest BCUT2D eigenvalue weighted by molar-refractivity contribution is 0.0715. The number of carbonyl (C=O) groups excluding carboxylic acids is 1. The van der Waals surface area contributed by atoms with Crippen molar-refractivity contribution in [2.75, 3.05) is 24.6 Å². The van der Waals surface area contributed by atoms with E-state index in [1.165, 1.54) is 5.56 Å². The van der Waals surface area contributed by atoms with E-state index in [0.717, 1.165) is 62.0 Å². The quantitative estimate of drug-likeness (QED) is 0.655. The Hall–Kier alpha value is -3.16. The SMILES string of the molecule is O=C(OCCCc1cccnc1)N1CCCC2C1CCN2c1ncnc2[nH]ccc12. The summed E-state index contributed by atoms with van der Waals surface area (Å²) in [4.78, 5) is 33.2. The third-order valence-electron chi connectivity index (χ3n) is 6.21. The minimum atomic E-state index is -0.188. The maximum absolute atomic E-state index is 12.8. The molecule has 0 aromatic carbocycles. The van der Waals surface area contributed by atoms with E-state index in [1.807, 2.05) is 35.5 Å². The Bertz CT molecular complexity index is 1010. The lowest BCUT2D eigenvalue weighted by Crippen LogP contribution is -2.52. The van der Waals surface area contributed by atoms with Gasteiger partial charge in [-0.3, -0.25) is 4.98 Å². The topological polar surface area (TPSA) is 87.2 Å². The van der Waals surface area contributed by atoms with Gasteiger partial charge in [0.25, 0.3) is 0 Å². The highest BCUT2D eigenvalue weighted by atomic mass is 16.6. The molecule has 0 bridgehead atoms. The summed E-state index contributed by atoms with van der Waals surface area (Å²) in [7, 11) is 0. The van der Waals surface area contributed by atoms with Crippen molar-refractivity contribution < 1.29 is 9.53 Å². The molecular formula is C22H26N6O2. The van der Waals surface area contributed by atoms with Crippen molar-refractivity contribution in [1.82, 2.24) is 24.8 Å². The monoisotopic (exact) mass is 406 g/mol. The third kappa shape index (κ3) is 3.58. The number of anilines is 1. The molecule has 0 saturated carbocycles. The van der Waals surface area contributed by atoms with Gasteiger partial charge in [0, 0.05) is 31.7 Å². The van der Waals surface area contributed by atoms with Gasteiger partial charge in [0.15, 0.2) is 0 Å². The number of likely N-dealkylation sites (tertiary alicyclic amines) is 1. The zero-order valence-corrected chi connectivity index (χ0v) is 16.9. The molecule has 2 fully saturated rings. The maximum atomic E-state index is 12.8. The second-order valence-electron chi connectivity index (χ2n) is 7.97. The Labute approximate surface area is 175 Å². The lowest BCUT2D eigenvalue weighted by Gasteiger charge is -2.39. The van der Waals surface area contributed by atoms with Crippen molar-refractivity contribution in [3.8, 4) is 0 Å². The van der Waals surface area contributed by atoms with Gasteiger partial charge >= 0.3 is 6.09 Å². The van der Waals surface area contributed by atoms with E-state index in [4.69, 9.17) is 4.74 Å². The fourth-order valence-electron chi connectivity index (χ4n) is 4.83. The molecule has 1 amide bonds. The highest BCUT2D eigenvalue weighted by Crippen LogP contribution is 2.36. The Morgan fingerprint density at radius 1 is 1.20 bits per heavy atom. The van der Waals surface area contributed by atoms with Crippen LogP contribution in [0.2, 0.25) is 0 Å². The molecular weight excluding hydrogens is 380 g/mol. The largest absolute Gasteiger partial charge is 0.449 e. The number of nitrogens with one attached hydrogen (secondary N) is 1. The summed E-state index contributed by atoms with van der Waals surface area (Å²) < 4.78 is 5.63. The summed E-state index contributed by atoms with van der Waals surface area (Å²) in [6, 6.07) is 6.45. The number of fused-ring (bicyclic) bond motifs is 2. The number of aromatic nitrogens is 4. The fourth-order valence-corrected chi connectivity index (χ4v) is 4.83. The molecule has 2 atom stereocenters. The molecule has 0 spiro atoms. The second-order valence-corrected chi connectivity index (χ2v) is 7.97. The Kier molecular flexibility index (Phi) is 5.21. The molecule has 2 aliphatic heterocycles. The predicted molar refractivity (Wildman–Crippen MR) is 113 cm³/mol. The summed E-state index contributed by atoms with van der Waals surface area (Å²) >= 11 is 0. The number of aromatic amines is 1. The first-order valence-corrected chi connectivity index (χ1v) is 10.7. The van der Waals surface area contributed by atoms with E-state index in [0.29, 0.717) is 6.61 Å². The molecule has 0 aliphatic carbocycles. The molecule has 2 unspecified atom stereocenters. The number of rotatable bonds is 5. The molecule has 156 valence electrons. The number of aryl methyl sites for hydroxylation is 1. The van der Waals surface area contributed by atoms with Crippen LogP contribution in [0, 0.1) is 0 Å². The number of carbonyl (C=O) groups is 1. The minimum Gasteiger partial charge on any atom is -0.449 e. The van der Waals surface area contributed by atoms with Crippen LogP contribution in [0.5, 0.6) is 0 Å². The Balaban J connectivity index is 1.21. The van der Waals surface area contributed by atoms with Crippen molar-refractivity contribution in [3.63, 3.8) is 0 Å². The summed E-state index contributed by atoms with van der Waals surface area (Å²) in [5.74, 6) is 0.959. The van der Waals surface area contributed by atoms with Crippen LogP contribution in [0.1, 0.15) is 31.2 Å². The van der Waals surface area contributed by atoms with Crippen molar-refractivity contribution in [2.24, 2.45) is 0 Å². The van der Waals surface area contributed by atoms with Crippen molar-refractivity contribution in [1.29, 1.82) is 0 Å². The van der Waals surface area contributed by atoms with Crippen LogP contribution in [0.4, 0.5) is 10.6 Å². The van der Waals surface area contributed by atoms with E-state index < -0.39 is 0 Å². The van der Waals surface area contributed by atoms with E-state index in [1.54, 1.807) is 12.5 Å². The summed E-state index contributed by atoms with van der Waals surface area (Å²) in [5.41, 5.74) is 2.02. The van der Waals surface area contributed by atoms with Crippen molar-refractivity contribution in [3.05, 3.63) is 48.7 Å². The lowest BCUT2D eigenvalue weighted by atomic mass is 9.97. The van der Waals surface area contributed by atoms with Gasteiger partial charge in [-0.2, -0.15) is 0 Å². The van der Waals surface area contributed by atoms with Crippen LogP contribution >= 0.6 is 0 Å². The Morgan fingerprint density at radius 2 is 2.17 bits per heavy atom. The average molecular weight is 406 g/mol. The fraction of sp³-hybridized carbons (Fsp3) is 0.455. The smallest absolute Gasteiger partial charge is 0.410 e. The van der Waals surface area contributed by atoms with Gasteiger partial charge < -0.3 is 19.5 Å². The standard InChI is InChI=1S/C22H26N6O2/c29-22(30-13-3-5-16-4-1-9-23-14-16)28-11-2-6-18-19(28)8-12-27(18)21-17-7-10-24-20(17)25-15-26-21/h1,4,7,9-10,14-15,18-19H,2-3,5-6,8,11-13H2,(H,24,25,26). The van der Waals surface area contributed by atoms with Gasteiger partial charge in [0.1, 0.15) is 17.8 Å². The van der Waals surface area contributed by atoms with Crippen LogP contribution in [0.25, 0.3) is 11.0 Å². The number of hydrogen-bond donors (Lipinski definition) is 1. The van der Waals surface area contributed by atoms with E-state index in [2.05, 4.69) is 24.8 Å². The first kappa shape index (κ1) is 18.8. The zero-order valence-electron chi connectivity index (χ0n) is 16.9. The number of amides is 1. The Morgan fingerprint density at radius 3 is 3.07 bits per heavy atom. The number of hydrogen-bond acceptors (Lipinski definition) is 6. The summed E-state index contributed by atoms with van der Waals surface area (Å²) in [6.07, 6.45) is 11.6. The third-order valence-corrected chi connectivity index (χ3v) is 6.21. The normalized spacial score (nSPS) is 21.1. The number of nitrogens with zero attached hydrogens (tertiary/aromatic N) is 5. The number of H-pyrrole nitrogens is 1. The molecule has 0 radical (unpaired) electrons. The van der Waals surface area contributed by atoms with Crippen molar-refractivity contribution >= 4 is 22.9 Å². The van der Waals surface area contributed by atoms with Gasteiger partial charge in [-0.1, -0.05) is 6.07 Å². The second kappa shape index (κ2) is 8.30. The molecule has 5 heterocycles. The first-order chi connectivity index (χ1) is 14.8. The van der Waals surface area contributed by atoms with Crippen LogP contribution in [-0.2, 0) is 11.2 Å². The van der Waals surface area contributed by atoms with Crippen LogP contribution in [-0.4, -0.2) is 62.7 Å². The highest BCUT2D eigenvalue weighted by Gasteiger charge is 2.43. The summed E-state index contributed by atoms with van der Waals surface area (Å²) in [6.45, 7) is 2.08. The van der Waals surface area contributed by atoms with Crippen molar-refractivity contribution in [2.45, 2.75) is 44.2 Å². The molecule has 3 aromatic heterocycles. The number of piperidine rings is 1. The van der Waals surface area contributed by atoms with Gasteiger partial charge in [-0.05, 0) is 49.8 Å². The van der Waals surface area contributed by atoms with Crippen LogP contribution < -0.4 is 4.90 Å². The number of ether oxygens (including phenoxy) is 1. The van der Waals surface area contributed by atoms with Gasteiger partial charge in [-0.15, -0.1) is 0 Å². The van der Waals surface area contributed by atoms with Crippen LogP contribution in [0.15, 0.2) is 43.1 Å². The minimum absolute atomic E-state index is 0.175. The highest BCUT2D eigenvalue weighted by molar-refractivity contribution is 5.87. The van der Waals surface area contributed by atoms with Crippen LogP contribution in [0.3, 0.4) is 0 Å². The van der Waals surface area contributed by atoms with Gasteiger partial charge in [0.2, 0.25) is 0 Å². The zero-order chi connectivity index (χ0) is 20.3. The summed E-state index contributed by atoms with van der Waals surface area (Å²) in [5, 5.41) is 1.04.